The van der Waals surface area contributed by atoms with E-state index in [4.69, 9.17) is 16.3 Å². The minimum Gasteiger partial charge on any atom is -0.378 e. The van der Waals surface area contributed by atoms with Gasteiger partial charge in [0.15, 0.2) is 0 Å². The Labute approximate surface area is 193 Å². The molecule has 10 heteroatoms. The zero-order chi connectivity index (χ0) is 22.6. The maximum Gasteiger partial charge on any atom is 0.244 e. The maximum absolute atomic E-state index is 13.6. The van der Waals surface area contributed by atoms with Gasteiger partial charge in [0.1, 0.15) is 11.9 Å². The lowest BCUT2D eigenvalue weighted by Gasteiger charge is -2.30. The first kappa shape index (κ1) is 23.0. The van der Waals surface area contributed by atoms with Crippen molar-refractivity contribution in [3.8, 4) is 0 Å². The Morgan fingerprint density at radius 1 is 1.12 bits per heavy atom. The third kappa shape index (κ3) is 5.23. The van der Waals surface area contributed by atoms with E-state index in [1.54, 1.807) is 18.3 Å². The summed E-state index contributed by atoms with van der Waals surface area (Å²) in [5.41, 5.74) is 0.719. The van der Waals surface area contributed by atoms with Crippen molar-refractivity contribution in [1.82, 2.24) is 14.6 Å². The van der Waals surface area contributed by atoms with Crippen LogP contribution in [0.4, 0.5) is 5.82 Å². The standard InChI is InChI=1S/C22H27ClN4O4S/c23-18-5-7-19(8-6-18)32(29,30)27(20-3-1-2-10-24-22(20)28)16-17-4-9-21(25-15-17)26-11-13-31-14-12-26/h4-9,15,20H,1-3,10-14,16H2,(H,24,28). The van der Waals surface area contributed by atoms with Crippen LogP contribution < -0.4 is 10.2 Å². The second-order valence-electron chi connectivity index (χ2n) is 7.93. The number of hydrogen-bond donors (Lipinski definition) is 1. The molecule has 0 aliphatic carbocycles. The van der Waals surface area contributed by atoms with Crippen LogP contribution in [0.1, 0.15) is 24.8 Å². The van der Waals surface area contributed by atoms with Gasteiger partial charge in [0, 0.05) is 37.4 Å². The highest BCUT2D eigenvalue weighted by Crippen LogP contribution is 2.26. The monoisotopic (exact) mass is 478 g/mol. The van der Waals surface area contributed by atoms with E-state index in [1.165, 1.54) is 16.4 Å². The highest BCUT2D eigenvalue weighted by atomic mass is 35.5. The van der Waals surface area contributed by atoms with E-state index in [2.05, 4.69) is 15.2 Å². The predicted octanol–water partition coefficient (Wildman–Crippen LogP) is 2.43. The Morgan fingerprint density at radius 3 is 2.56 bits per heavy atom. The Kier molecular flexibility index (Phi) is 7.30. The van der Waals surface area contributed by atoms with Gasteiger partial charge >= 0.3 is 0 Å². The number of pyridine rings is 1. The summed E-state index contributed by atoms with van der Waals surface area (Å²) >= 11 is 5.95. The van der Waals surface area contributed by atoms with Gasteiger partial charge in [-0.2, -0.15) is 4.31 Å². The predicted molar refractivity (Wildman–Crippen MR) is 122 cm³/mol. The van der Waals surface area contributed by atoms with Crippen LogP contribution in [0.25, 0.3) is 0 Å². The zero-order valence-corrected chi connectivity index (χ0v) is 19.3. The Balaban J connectivity index is 1.63. The number of halogens is 1. The fourth-order valence-electron chi connectivity index (χ4n) is 3.97. The first-order valence-electron chi connectivity index (χ1n) is 10.8. The molecule has 2 saturated heterocycles. The smallest absolute Gasteiger partial charge is 0.244 e. The highest BCUT2D eigenvalue weighted by molar-refractivity contribution is 7.89. The molecule has 1 aromatic carbocycles. The van der Waals surface area contributed by atoms with Crippen molar-refractivity contribution < 1.29 is 17.9 Å². The molecule has 2 aliphatic rings. The Bertz CT molecular complexity index is 1020. The molecule has 1 N–H and O–H groups in total. The summed E-state index contributed by atoms with van der Waals surface area (Å²) in [5.74, 6) is 0.564. The number of nitrogens with zero attached hydrogens (tertiary/aromatic N) is 3. The average Bonchev–Trinajstić information content (AvgIpc) is 3.03. The van der Waals surface area contributed by atoms with E-state index in [0.29, 0.717) is 31.2 Å². The van der Waals surface area contributed by atoms with Crippen molar-refractivity contribution in [3.63, 3.8) is 0 Å². The minimum atomic E-state index is -3.94. The molecule has 2 aliphatic heterocycles. The number of anilines is 1. The zero-order valence-electron chi connectivity index (χ0n) is 17.7. The summed E-state index contributed by atoms with van der Waals surface area (Å²) in [6.45, 7) is 3.47. The lowest BCUT2D eigenvalue weighted by atomic mass is 10.1. The second kappa shape index (κ2) is 10.2. The number of aromatic nitrogens is 1. The van der Waals surface area contributed by atoms with Crippen LogP contribution in [0.2, 0.25) is 5.02 Å². The van der Waals surface area contributed by atoms with Gasteiger partial charge in [-0.05, 0) is 55.2 Å². The molecule has 0 spiro atoms. The molecule has 8 nitrogen and oxygen atoms in total. The summed E-state index contributed by atoms with van der Waals surface area (Å²) in [7, 11) is -3.94. The molecule has 1 unspecified atom stereocenters. The normalized spacial score (nSPS) is 20.1. The van der Waals surface area contributed by atoms with Gasteiger partial charge in [0.2, 0.25) is 15.9 Å². The molecule has 1 aromatic heterocycles. The van der Waals surface area contributed by atoms with Gasteiger partial charge in [-0.1, -0.05) is 17.7 Å². The summed E-state index contributed by atoms with van der Waals surface area (Å²) in [6, 6.07) is 9.00. The highest BCUT2D eigenvalue weighted by Gasteiger charge is 2.36. The van der Waals surface area contributed by atoms with Crippen molar-refractivity contribution in [1.29, 1.82) is 0 Å². The second-order valence-corrected chi connectivity index (χ2v) is 10.3. The van der Waals surface area contributed by atoms with Crippen LogP contribution in [0.5, 0.6) is 0 Å². The molecular formula is C22H27ClN4O4S. The minimum absolute atomic E-state index is 0.0550. The van der Waals surface area contributed by atoms with E-state index < -0.39 is 16.1 Å². The molecule has 3 heterocycles. The van der Waals surface area contributed by atoms with Crippen LogP contribution in [-0.2, 0) is 26.1 Å². The van der Waals surface area contributed by atoms with Crippen LogP contribution >= 0.6 is 11.6 Å². The SMILES string of the molecule is O=C1NCCCCC1N(Cc1ccc(N2CCOCC2)nc1)S(=O)(=O)c1ccc(Cl)cc1. The number of rotatable bonds is 6. The van der Waals surface area contributed by atoms with Gasteiger partial charge in [0.05, 0.1) is 18.1 Å². The molecular weight excluding hydrogens is 452 g/mol. The number of carbonyl (C=O) groups excluding carboxylic acids is 1. The molecule has 32 heavy (non-hydrogen) atoms. The van der Waals surface area contributed by atoms with Gasteiger partial charge < -0.3 is 15.0 Å². The van der Waals surface area contributed by atoms with Crippen molar-refractivity contribution in [2.45, 2.75) is 36.7 Å². The molecule has 0 saturated carbocycles. The molecule has 4 rings (SSSR count). The number of benzene rings is 1. The van der Waals surface area contributed by atoms with E-state index >= 15 is 0 Å². The summed E-state index contributed by atoms with van der Waals surface area (Å²) in [5, 5.41) is 3.30. The number of carbonyl (C=O) groups is 1. The number of nitrogens with one attached hydrogen (secondary N) is 1. The number of morpholine rings is 1. The van der Waals surface area contributed by atoms with Crippen LogP contribution in [-0.4, -0.2) is 62.5 Å². The molecule has 0 bridgehead atoms. The third-order valence-electron chi connectivity index (χ3n) is 5.76. The van der Waals surface area contributed by atoms with E-state index in [1.807, 2.05) is 12.1 Å². The quantitative estimate of drug-likeness (QED) is 0.685. The lowest BCUT2D eigenvalue weighted by molar-refractivity contribution is -0.124. The third-order valence-corrected chi connectivity index (χ3v) is 7.88. The Morgan fingerprint density at radius 2 is 1.88 bits per heavy atom. The van der Waals surface area contributed by atoms with E-state index in [-0.39, 0.29) is 17.3 Å². The largest absolute Gasteiger partial charge is 0.378 e. The number of sulfonamides is 1. The van der Waals surface area contributed by atoms with E-state index in [9.17, 15) is 13.2 Å². The van der Waals surface area contributed by atoms with Crippen molar-refractivity contribution in [2.75, 3.05) is 37.7 Å². The van der Waals surface area contributed by atoms with Gasteiger partial charge in [-0.25, -0.2) is 13.4 Å². The fraction of sp³-hybridized carbons (Fsp3) is 0.455. The topological polar surface area (TPSA) is 91.8 Å². The number of amides is 1. The first-order valence-corrected chi connectivity index (χ1v) is 12.6. The summed E-state index contributed by atoms with van der Waals surface area (Å²) in [6.07, 6.45) is 3.75. The van der Waals surface area contributed by atoms with Gasteiger partial charge in [-0.15, -0.1) is 0 Å². The lowest BCUT2D eigenvalue weighted by Crippen LogP contribution is -2.48. The molecule has 1 amide bonds. The van der Waals surface area contributed by atoms with Crippen molar-refractivity contribution >= 4 is 33.3 Å². The summed E-state index contributed by atoms with van der Waals surface area (Å²) in [4.78, 5) is 19.5. The van der Waals surface area contributed by atoms with Gasteiger partial charge in [0.25, 0.3) is 0 Å². The molecule has 2 fully saturated rings. The fourth-order valence-corrected chi connectivity index (χ4v) is 5.70. The van der Waals surface area contributed by atoms with Gasteiger partial charge in [-0.3, -0.25) is 4.79 Å². The van der Waals surface area contributed by atoms with Crippen LogP contribution in [0.15, 0.2) is 47.5 Å². The molecule has 2 aromatic rings. The maximum atomic E-state index is 13.6. The van der Waals surface area contributed by atoms with Crippen molar-refractivity contribution in [2.24, 2.45) is 0 Å². The van der Waals surface area contributed by atoms with E-state index in [0.717, 1.165) is 37.3 Å². The molecule has 1 atom stereocenters. The van der Waals surface area contributed by atoms with Crippen LogP contribution in [0, 0.1) is 0 Å². The van der Waals surface area contributed by atoms with Crippen molar-refractivity contribution in [3.05, 3.63) is 53.2 Å². The Hall–Kier alpha value is -2.20. The first-order chi connectivity index (χ1) is 15.4. The molecule has 0 radical (unpaired) electrons. The summed E-state index contributed by atoms with van der Waals surface area (Å²) < 4.78 is 33.8. The number of ether oxygens (including phenoxy) is 1. The average molecular weight is 479 g/mol. The van der Waals surface area contributed by atoms with Crippen LogP contribution in [0.3, 0.4) is 0 Å². The molecule has 172 valence electrons. The number of hydrogen-bond acceptors (Lipinski definition) is 6.